The number of amides is 1. The van der Waals surface area contributed by atoms with E-state index in [2.05, 4.69) is 56.1 Å². The molecule has 1 amide bonds. The second-order valence-electron chi connectivity index (χ2n) is 9.21. The number of carbonyl (C=O) groups excluding carboxylic acids is 1. The normalized spacial score (nSPS) is 23.6. The Hall–Kier alpha value is -1.80. The van der Waals surface area contributed by atoms with Crippen LogP contribution in [0.1, 0.15) is 31.2 Å². The molecule has 7 heteroatoms. The number of thiophene rings is 1. The smallest absolute Gasteiger partial charge is 0.241 e. The molecular weight excluding hydrogens is 396 g/mol. The number of carbonyl (C=O) groups is 1. The van der Waals surface area contributed by atoms with E-state index < -0.39 is 0 Å². The molecule has 2 aliphatic rings. The van der Waals surface area contributed by atoms with Gasteiger partial charge in [-0.25, -0.2) is 0 Å². The number of hydrogen-bond donors (Lipinski definition) is 1. The lowest BCUT2D eigenvalue weighted by Gasteiger charge is -2.39. The molecule has 2 atom stereocenters. The molecule has 0 aromatic carbocycles. The highest BCUT2D eigenvalue weighted by molar-refractivity contribution is 7.15. The highest BCUT2D eigenvalue weighted by atomic mass is 32.1. The molecule has 6 nitrogen and oxygen atoms in total. The van der Waals surface area contributed by atoms with Gasteiger partial charge in [0.2, 0.25) is 5.91 Å². The largest absolute Gasteiger partial charge is 0.383 e. The Labute approximate surface area is 183 Å². The first-order valence-corrected chi connectivity index (χ1v) is 11.4. The van der Waals surface area contributed by atoms with Gasteiger partial charge in [-0.1, -0.05) is 13.8 Å². The van der Waals surface area contributed by atoms with Crippen LogP contribution in [0.2, 0.25) is 0 Å². The quantitative estimate of drug-likeness (QED) is 0.793. The summed E-state index contributed by atoms with van der Waals surface area (Å²) in [4.78, 5) is 24.8. The van der Waals surface area contributed by atoms with Crippen molar-refractivity contribution < 1.29 is 9.53 Å². The standard InChI is InChI=1S/C23H32N4O2S/c1-15-11-26(17(9-24-15)13-29-5)12-22(28)27-14-23(3,4)18-10-25-19(8-20(18)27)21-7-6-16(2)30-21/h6-8,10,15,17,24H,9,11-14H2,1-5H3/t15-,17-/m1/s1. The Morgan fingerprint density at radius 2 is 2.20 bits per heavy atom. The molecule has 30 heavy (non-hydrogen) atoms. The predicted molar refractivity (Wildman–Crippen MR) is 122 cm³/mol. The van der Waals surface area contributed by atoms with Gasteiger partial charge in [-0.2, -0.15) is 0 Å². The number of anilines is 1. The molecule has 0 aliphatic carbocycles. The molecule has 1 saturated heterocycles. The number of aryl methyl sites for hydroxylation is 1. The summed E-state index contributed by atoms with van der Waals surface area (Å²) in [5, 5.41) is 3.49. The number of nitrogens with zero attached hydrogens (tertiary/aromatic N) is 3. The average Bonchev–Trinajstić information content (AvgIpc) is 3.25. The van der Waals surface area contributed by atoms with Gasteiger partial charge in [-0.3, -0.25) is 14.7 Å². The van der Waals surface area contributed by atoms with Crippen LogP contribution < -0.4 is 10.2 Å². The van der Waals surface area contributed by atoms with Gasteiger partial charge in [0.05, 0.1) is 29.4 Å². The Balaban J connectivity index is 1.60. The third-order valence-electron chi connectivity index (χ3n) is 6.17. The molecule has 1 N–H and O–H groups in total. The fourth-order valence-corrected chi connectivity index (χ4v) is 5.36. The molecule has 0 bridgehead atoms. The monoisotopic (exact) mass is 428 g/mol. The summed E-state index contributed by atoms with van der Waals surface area (Å²) in [7, 11) is 1.72. The fraction of sp³-hybridized carbons (Fsp3) is 0.565. The Bertz CT molecular complexity index is 926. The van der Waals surface area contributed by atoms with Gasteiger partial charge in [0.15, 0.2) is 0 Å². The van der Waals surface area contributed by atoms with Crippen LogP contribution in [-0.2, 0) is 14.9 Å². The first kappa shape index (κ1) is 21.4. The Morgan fingerprint density at radius 1 is 1.40 bits per heavy atom. The number of ether oxygens (including phenoxy) is 1. The maximum Gasteiger partial charge on any atom is 0.241 e. The van der Waals surface area contributed by atoms with E-state index >= 15 is 0 Å². The zero-order valence-electron chi connectivity index (χ0n) is 18.6. The van der Waals surface area contributed by atoms with Crippen LogP contribution in [0.4, 0.5) is 5.69 Å². The lowest BCUT2D eigenvalue weighted by molar-refractivity contribution is -0.121. The summed E-state index contributed by atoms with van der Waals surface area (Å²) in [5.41, 5.74) is 2.99. The van der Waals surface area contributed by atoms with Crippen molar-refractivity contribution in [3.05, 3.63) is 34.8 Å². The summed E-state index contributed by atoms with van der Waals surface area (Å²) >= 11 is 1.74. The van der Waals surface area contributed by atoms with Gasteiger partial charge in [0, 0.05) is 60.9 Å². The third kappa shape index (κ3) is 4.17. The number of hydrogen-bond acceptors (Lipinski definition) is 6. The zero-order valence-corrected chi connectivity index (χ0v) is 19.4. The molecule has 1 fully saturated rings. The summed E-state index contributed by atoms with van der Waals surface area (Å²) in [6, 6.07) is 6.90. The van der Waals surface area contributed by atoms with Gasteiger partial charge in [-0.05, 0) is 32.0 Å². The van der Waals surface area contributed by atoms with Gasteiger partial charge < -0.3 is 15.0 Å². The molecular formula is C23H32N4O2S. The van der Waals surface area contributed by atoms with Crippen LogP contribution in [0.5, 0.6) is 0 Å². The molecule has 0 spiro atoms. The highest BCUT2D eigenvalue weighted by Crippen LogP contribution is 2.42. The maximum absolute atomic E-state index is 13.5. The van der Waals surface area contributed by atoms with E-state index in [0.717, 1.165) is 34.9 Å². The number of methoxy groups -OCH3 is 1. The van der Waals surface area contributed by atoms with Crippen LogP contribution in [0.3, 0.4) is 0 Å². The van der Waals surface area contributed by atoms with Crippen molar-refractivity contribution in [2.75, 3.05) is 44.8 Å². The summed E-state index contributed by atoms with van der Waals surface area (Å²) in [6.07, 6.45) is 1.97. The van der Waals surface area contributed by atoms with Crippen LogP contribution in [0.25, 0.3) is 10.6 Å². The third-order valence-corrected chi connectivity index (χ3v) is 7.20. The highest BCUT2D eigenvalue weighted by Gasteiger charge is 2.39. The van der Waals surface area contributed by atoms with Gasteiger partial charge in [0.25, 0.3) is 0 Å². The molecule has 2 aliphatic heterocycles. The molecule has 0 unspecified atom stereocenters. The number of aromatic nitrogens is 1. The summed E-state index contributed by atoms with van der Waals surface area (Å²) < 4.78 is 5.40. The van der Waals surface area contributed by atoms with E-state index in [1.54, 1.807) is 18.4 Å². The second kappa shape index (κ2) is 8.38. The average molecular weight is 429 g/mol. The maximum atomic E-state index is 13.5. The minimum Gasteiger partial charge on any atom is -0.383 e. The lowest BCUT2D eigenvalue weighted by Crippen LogP contribution is -2.59. The minimum absolute atomic E-state index is 0.107. The van der Waals surface area contributed by atoms with Crippen molar-refractivity contribution in [3.63, 3.8) is 0 Å². The first-order chi connectivity index (χ1) is 14.3. The van der Waals surface area contributed by atoms with E-state index in [1.807, 2.05) is 11.1 Å². The molecule has 2 aromatic rings. The molecule has 4 rings (SSSR count). The predicted octanol–water partition coefficient (Wildman–Crippen LogP) is 3.05. The summed E-state index contributed by atoms with van der Waals surface area (Å²) in [5.74, 6) is 0.150. The van der Waals surface area contributed by atoms with Crippen molar-refractivity contribution in [2.45, 2.75) is 45.2 Å². The lowest BCUT2D eigenvalue weighted by atomic mass is 9.88. The van der Waals surface area contributed by atoms with Crippen LogP contribution in [0, 0.1) is 6.92 Å². The number of fused-ring (bicyclic) bond motifs is 1. The van der Waals surface area contributed by atoms with Crippen LogP contribution >= 0.6 is 11.3 Å². The first-order valence-electron chi connectivity index (χ1n) is 10.6. The molecule has 2 aromatic heterocycles. The SMILES string of the molecule is COC[C@H]1CN[C@H](C)CN1CC(=O)N1CC(C)(C)c2cnc(-c3ccc(C)s3)cc21. The van der Waals surface area contributed by atoms with E-state index in [0.29, 0.717) is 25.7 Å². The Kier molecular flexibility index (Phi) is 5.99. The van der Waals surface area contributed by atoms with Gasteiger partial charge in [-0.15, -0.1) is 11.3 Å². The molecule has 4 heterocycles. The Morgan fingerprint density at radius 3 is 2.90 bits per heavy atom. The minimum atomic E-state index is -0.107. The van der Waals surface area contributed by atoms with Crippen molar-refractivity contribution in [1.82, 2.24) is 15.2 Å². The van der Waals surface area contributed by atoms with Crippen LogP contribution in [0.15, 0.2) is 24.4 Å². The van der Waals surface area contributed by atoms with Gasteiger partial charge in [0.1, 0.15) is 0 Å². The van der Waals surface area contributed by atoms with Crippen molar-refractivity contribution >= 4 is 22.9 Å². The molecule has 162 valence electrons. The molecule has 0 saturated carbocycles. The van der Waals surface area contributed by atoms with Crippen molar-refractivity contribution in [3.8, 4) is 10.6 Å². The summed E-state index contributed by atoms with van der Waals surface area (Å²) in [6.45, 7) is 12.1. The van der Waals surface area contributed by atoms with Crippen molar-refractivity contribution in [1.29, 1.82) is 0 Å². The fourth-order valence-electron chi connectivity index (χ4n) is 4.53. The van der Waals surface area contributed by atoms with E-state index in [1.165, 1.54) is 4.88 Å². The number of pyridine rings is 1. The second-order valence-corrected chi connectivity index (χ2v) is 10.5. The van der Waals surface area contributed by atoms with E-state index in [-0.39, 0.29) is 17.4 Å². The zero-order chi connectivity index (χ0) is 21.5. The van der Waals surface area contributed by atoms with Gasteiger partial charge >= 0.3 is 0 Å². The van der Waals surface area contributed by atoms with Crippen molar-refractivity contribution in [2.24, 2.45) is 0 Å². The van der Waals surface area contributed by atoms with E-state index in [4.69, 9.17) is 9.72 Å². The number of piperazine rings is 1. The van der Waals surface area contributed by atoms with E-state index in [9.17, 15) is 4.79 Å². The molecule has 0 radical (unpaired) electrons. The van der Waals surface area contributed by atoms with Crippen LogP contribution in [-0.4, -0.2) is 67.8 Å². The topological polar surface area (TPSA) is 57.7 Å². The number of nitrogens with one attached hydrogen (secondary N) is 1. The number of rotatable bonds is 5.